The van der Waals surface area contributed by atoms with E-state index in [0.717, 1.165) is 16.6 Å². The highest BCUT2D eigenvalue weighted by molar-refractivity contribution is 14.1. The minimum absolute atomic E-state index is 0.169. The topological polar surface area (TPSA) is 51.1 Å². The molecule has 5 nitrogen and oxygen atoms in total. The van der Waals surface area contributed by atoms with Gasteiger partial charge in [-0.25, -0.2) is 0 Å². The van der Waals surface area contributed by atoms with Crippen molar-refractivity contribution in [1.29, 1.82) is 0 Å². The minimum atomic E-state index is -4.82. The van der Waals surface area contributed by atoms with Gasteiger partial charge in [0.15, 0.2) is 17.2 Å². The third-order valence-corrected chi connectivity index (χ3v) is 6.21. The summed E-state index contributed by atoms with van der Waals surface area (Å²) < 4.78 is 53.2. The van der Waals surface area contributed by atoms with Gasteiger partial charge in [-0.1, -0.05) is 48.0 Å². The molecule has 1 aliphatic heterocycles. The van der Waals surface area contributed by atoms with E-state index in [1.807, 2.05) is 34.7 Å². The number of nitrogens with zero attached hydrogens (tertiary/aromatic N) is 2. The zero-order valence-corrected chi connectivity index (χ0v) is 21.1. The largest absolute Gasteiger partial charge is 0.493 e. The molecule has 35 heavy (non-hydrogen) atoms. The van der Waals surface area contributed by atoms with E-state index >= 15 is 0 Å². The summed E-state index contributed by atoms with van der Waals surface area (Å²) in [5, 5.41) is 4.87. The fourth-order valence-corrected chi connectivity index (χ4v) is 4.36. The van der Waals surface area contributed by atoms with E-state index in [-0.39, 0.29) is 12.3 Å². The lowest BCUT2D eigenvalue weighted by atomic mass is 10.1. The molecule has 0 aromatic heterocycles. The fraction of sp³-hybridized carbons (Fsp3) is 0.120. The lowest BCUT2D eigenvalue weighted by Crippen LogP contribution is -2.25. The first-order valence-electron chi connectivity index (χ1n) is 10.2. The number of alkyl halides is 3. The number of ether oxygens (including phenoxy) is 2. The Morgan fingerprint density at radius 1 is 1.09 bits per heavy atom. The summed E-state index contributed by atoms with van der Waals surface area (Å²) in [5.41, 5.74) is -0.505. The molecule has 0 N–H and O–H groups in total. The number of rotatable bonds is 6. The summed E-state index contributed by atoms with van der Waals surface area (Å²) in [6.07, 6.45) is -3.67. The molecule has 4 rings (SSSR count). The van der Waals surface area contributed by atoms with Crippen LogP contribution in [0.4, 0.5) is 18.9 Å². The maximum atomic E-state index is 13.8. The van der Waals surface area contributed by atoms with Crippen LogP contribution in [0.1, 0.15) is 11.1 Å². The maximum Gasteiger partial charge on any atom is 0.435 e. The molecule has 0 fully saturated rings. The second-order valence-corrected chi connectivity index (χ2v) is 8.94. The van der Waals surface area contributed by atoms with Crippen molar-refractivity contribution in [1.82, 2.24) is 0 Å². The number of anilines is 1. The highest BCUT2D eigenvalue weighted by atomic mass is 127. The van der Waals surface area contributed by atoms with E-state index < -0.39 is 23.4 Å². The van der Waals surface area contributed by atoms with Crippen LogP contribution in [0.25, 0.3) is 6.08 Å². The molecule has 0 saturated carbocycles. The van der Waals surface area contributed by atoms with Crippen LogP contribution in [-0.4, -0.2) is 24.9 Å². The van der Waals surface area contributed by atoms with Crippen molar-refractivity contribution in [3.8, 4) is 11.5 Å². The number of para-hydroxylation sites is 1. The van der Waals surface area contributed by atoms with Crippen molar-refractivity contribution >= 4 is 57.6 Å². The number of carbonyl (C=O) groups is 1. The van der Waals surface area contributed by atoms with Gasteiger partial charge in [0.2, 0.25) is 0 Å². The number of halogens is 5. The van der Waals surface area contributed by atoms with Gasteiger partial charge in [0.25, 0.3) is 5.91 Å². The quantitative estimate of drug-likeness (QED) is 0.225. The van der Waals surface area contributed by atoms with Gasteiger partial charge in [0, 0.05) is 10.6 Å². The number of methoxy groups -OCH3 is 1. The number of benzene rings is 3. The summed E-state index contributed by atoms with van der Waals surface area (Å²) in [6.45, 7) is 0.169. The highest BCUT2D eigenvalue weighted by Gasteiger charge is 2.46. The van der Waals surface area contributed by atoms with Crippen molar-refractivity contribution in [2.45, 2.75) is 12.8 Å². The third-order valence-electron chi connectivity index (χ3n) is 5.04. The normalized spacial score (nSPS) is 14.9. The Hall–Kier alpha value is -3.05. The molecule has 180 valence electrons. The van der Waals surface area contributed by atoms with E-state index in [2.05, 4.69) is 5.10 Å². The van der Waals surface area contributed by atoms with Crippen LogP contribution in [0.15, 0.2) is 77.4 Å². The zero-order valence-electron chi connectivity index (χ0n) is 18.1. The molecule has 0 radical (unpaired) electrons. The Kier molecular flexibility index (Phi) is 7.36. The predicted octanol–water partition coefficient (Wildman–Crippen LogP) is 6.88. The van der Waals surface area contributed by atoms with Crippen molar-refractivity contribution in [2.24, 2.45) is 5.10 Å². The number of carbonyl (C=O) groups excluding carboxylic acids is 1. The van der Waals surface area contributed by atoms with Gasteiger partial charge in [-0.3, -0.25) is 4.79 Å². The summed E-state index contributed by atoms with van der Waals surface area (Å²) >= 11 is 8.18. The summed E-state index contributed by atoms with van der Waals surface area (Å²) in [7, 11) is 1.42. The molecule has 0 unspecified atom stereocenters. The molecule has 10 heteroatoms. The molecule has 3 aromatic carbocycles. The summed E-state index contributed by atoms with van der Waals surface area (Å²) in [6, 6.07) is 18.2. The van der Waals surface area contributed by atoms with Gasteiger partial charge in [-0.2, -0.15) is 23.3 Å². The molecule has 1 heterocycles. The third kappa shape index (κ3) is 5.46. The summed E-state index contributed by atoms with van der Waals surface area (Å²) in [5.74, 6) is -0.174. The summed E-state index contributed by atoms with van der Waals surface area (Å²) in [4.78, 5) is 12.9. The molecule has 1 aliphatic rings. The maximum absolute atomic E-state index is 13.8. The van der Waals surface area contributed by atoms with Crippen molar-refractivity contribution in [3.05, 3.63) is 92.0 Å². The Morgan fingerprint density at radius 2 is 1.77 bits per heavy atom. The molecule has 1 amide bonds. The van der Waals surface area contributed by atoms with Crippen LogP contribution >= 0.6 is 34.2 Å². The van der Waals surface area contributed by atoms with Gasteiger partial charge < -0.3 is 9.47 Å². The zero-order chi connectivity index (χ0) is 25.2. The lowest BCUT2D eigenvalue weighted by Gasteiger charge is -2.15. The minimum Gasteiger partial charge on any atom is -0.493 e. The molecule has 0 saturated heterocycles. The lowest BCUT2D eigenvalue weighted by molar-refractivity contribution is -0.114. The first kappa shape index (κ1) is 25.1. The second kappa shape index (κ2) is 10.3. The number of hydrogen-bond donors (Lipinski definition) is 0. The van der Waals surface area contributed by atoms with Gasteiger partial charge in [-0.05, 0) is 64.6 Å². The molecule has 0 aliphatic carbocycles. The van der Waals surface area contributed by atoms with E-state index in [1.165, 1.54) is 25.3 Å². The molecule has 0 bridgehead atoms. The highest BCUT2D eigenvalue weighted by Crippen LogP contribution is 2.37. The Balaban J connectivity index is 1.68. The van der Waals surface area contributed by atoms with Crippen LogP contribution in [0.3, 0.4) is 0 Å². The molecular weight excluding hydrogens is 596 g/mol. The number of hydrazone groups is 1. The van der Waals surface area contributed by atoms with Crippen LogP contribution < -0.4 is 14.5 Å². The second-order valence-electron chi connectivity index (χ2n) is 7.37. The molecular formula is C25H17ClF3IN2O3. The van der Waals surface area contributed by atoms with E-state index in [1.54, 1.807) is 36.4 Å². The fourth-order valence-electron chi connectivity index (χ4n) is 3.39. The first-order chi connectivity index (χ1) is 16.7. The monoisotopic (exact) mass is 612 g/mol. The van der Waals surface area contributed by atoms with Gasteiger partial charge in [0.05, 0.1) is 21.9 Å². The molecule has 0 spiro atoms. The average molecular weight is 613 g/mol. The first-order valence-corrected chi connectivity index (χ1v) is 11.7. The Labute approximate surface area is 217 Å². The number of amides is 1. The van der Waals surface area contributed by atoms with Crippen molar-refractivity contribution < 1.29 is 27.4 Å². The van der Waals surface area contributed by atoms with Gasteiger partial charge in [-0.15, -0.1) is 0 Å². The standard InChI is InChI=1S/C25H17ClF3IN2O3/c1-34-21-13-15(12-20(30)22(21)35-14-16-7-5-6-10-19(16)26)11-18-23(25(27,28)29)31-32(24(18)33)17-8-3-2-4-9-17/h2-13H,14H2,1H3/b18-11-. The van der Waals surface area contributed by atoms with Crippen LogP contribution in [0, 0.1) is 3.57 Å². The van der Waals surface area contributed by atoms with Crippen molar-refractivity contribution in [2.75, 3.05) is 12.1 Å². The number of hydrogen-bond acceptors (Lipinski definition) is 4. The van der Waals surface area contributed by atoms with E-state index in [9.17, 15) is 18.0 Å². The van der Waals surface area contributed by atoms with Crippen LogP contribution in [0.2, 0.25) is 5.02 Å². The Morgan fingerprint density at radius 3 is 2.43 bits per heavy atom. The average Bonchev–Trinajstić information content (AvgIpc) is 3.16. The van der Waals surface area contributed by atoms with Crippen molar-refractivity contribution in [3.63, 3.8) is 0 Å². The van der Waals surface area contributed by atoms with E-state index in [4.69, 9.17) is 21.1 Å². The SMILES string of the molecule is COc1cc(/C=C2\C(=O)N(c3ccccc3)N=C2C(F)(F)F)cc(I)c1OCc1ccccc1Cl. The van der Waals surface area contributed by atoms with E-state index in [0.29, 0.717) is 25.7 Å². The molecule has 3 aromatic rings. The predicted molar refractivity (Wildman–Crippen MR) is 137 cm³/mol. The smallest absolute Gasteiger partial charge is 0.435 e. The van der Waals surface area contributed by atoms with Gasteiger partial charge in [0.1, 0.15) is 6.61 Å². The van der Waals surface area contributed by atoms with Gasteiger partial charge >= 0.3 is 6.18 Å². The Bertz CT molecular complexity index is 1330. The molecule has 0 atom stereocenters. The van der Waals surface area contributed by atoms with Crippen LogP contribution in [-0.2, 0) is 11.4 Å². The van der Waals surface area contributed by atoms with Crippen LogP contribution in [0.5, 0.6) is 11.5 Å².